The highest BCUT2D eigenvalue weighted by atomic mass is 79.9. The van der Waals surface area contributed by atoms with Crippen molar-refractivity contribution in [3.63, 3.8) is 0 Å². The lowest BCUT2D eigenvalue weighted by atomic mass is 10.0. The molecule has 0 aliphatic heterocycles. The first-order valence-electron chi connectivity index (χ1n) is 6.66. The van der Waals surface area contributed by atoms with Gasteiger partial charge in [-0.15, -0.1) is 0 Å². The largest absolute Gasteiger partial charge is 0.310 e. The van der Waals surface area contributed by atoms with Crippen LogP contribution in [0.1, 0.15) is 45.6 Å². The standard InChI is InChI=1S/C15H23BrClN/c1-11(2)5-4-6-12(3)18-10-13-7-8-14(16)15(17)9-13/h7-9,11-12,18H,4-6,10H2,1-3H3. The van der Waals surface area contributed by atoms with E-state index in [1.165, 1.54) is 24.8 Å². The van der Waals surface area contributed by atoms with Crippen LogP contribution >= 0.6 is 27.5 Å². The number of rotatable bonds is 7. The zero-order valence-electron chi connectivity index (χ0n) is 11.5. The Morgan fingerprint density at radius 2 is 1.94 bits per heavy atom. The maximum Gasteiger partial charge on any atom is 0.0551 e. The fraction of sp³-hybridized carbons (Fsp3) is 0.600. The van der Waals surface area contributed by atoms with Crippen LogP contribution in [0.4, 0.5) is 0 Å². The molecule has 0 fully saturated rings. The molecule has 1 atom stereocenters. The van der Waals surface area contributed by atoms with Crippen LogP contribution in [0.15, 0.2) is 22.7 Å². The maximum absolute atomic E-state index is 6.07. The second kappa shape index (κ2) is 8.19. The number of benzene rings is 1. The molecule has 0 aromatic heterocycles. The van der Waals surface area contributed by atoms with Gasteiger partial charge in [0, 0.05) is 17.1 Å². The van der Waals surface area contributed by atoms with Crippen molar-refractivity contribution in [1.82, 2.24) is 5.32 Å². The minimum absolute atomic E-state index is 0.561. The van der Waals surface area contributed by atoms with E-state index < -0.39 is 0 Å². The van der Waals surface area contributed by atoms with E-state index in [9.17, 15) is 0 Å². The molecule has 0 amide bonds. The summed E-state index contributed by atoms with van der Waals surface area (Å²) in [5, 5.41) is 4.32. The van der Waals surface area contributed by atoms with Crippen LogP contribution in [0, 0.1) is 5.92 Å². The minimum atomic E-state index is 0.561. The molecule has 1 rings (SSSR count). The molecule has 0 bridgehead atoms. The lowest BCUT2D eigenvalue weighted by Gasteiger charge is -2.14. The van der Waals surface area contributed by atoms with E-state index in [0.717, 1.165) is 22.0 Å². The Labute approximate surface area is 124 Å². The predicted molar refractivity (Wildman–Crippen MR) is 84.1 cm³/mol. The summed E-state index contributed by atoms with van der Waals surface area (Å²) < 4.78 is 0.956. The molecule has 3 heteroatoms. The molecule has 0 saturated heterocycles. The molecule has 0 aliphatic carbocycles. The quantitative estimate of drug-likeness (QED) is 0.704. The highest BCUT2D eigenvalue weighted by molar-refractivity contribution is 9.10. The van der Waals surface area contributed by atoms with Crippen LogP contribution in [-0.2, 0) is 6.54 Å². The van der Waals surface area contributed by atoms with Crippen molar-refractivity contribution in [2.45, 2.75) is 52.6 Å². The molecule has 1 aromatic rings. The van der Waals surface area contributed by atoms with Crippen LogP contribution in [0.2, 0.25) is 5.02 Å². The molecule has 0 saturated carbocycles. The number of halogens is 2. The van der Waals surface area contributed by atoms with E-state index in [4.69, 9.17) is 11.6 Å². The van der Waals surface area contributed by atoms with Crippen molar-refractivity contribution in [2.24, 2.45) is 5.92 Å². The SMILES string of the molecule is CC(C)CCCC(C)NCc1ccc(Br)c(Cl)c1. The fourth-order valence-corrected chi connectivity index (χ4v) is 2.33. The Hall–Kier alpha value is -0.0500. The Bertz CT molecular complexity index is 366. The van der Waals surface area contributed by atoms with E-state index in [2.05, 4.69) is 48.1 Å². The third-order valence-electron chi connectivity index (χ3n) is 3.06. The van der Waals surface area contributed by atoms with Crippen molar-refractivity contribution >= 4 is 27.5 Å². The maximum atomic E-state index is 6.07. The topological polar surface area (TPSA) is 12.0 Å². The van der Waals surface area contributed by atoms with Gasteiger partial charge >= 0.3 is 0 Å². The molecule has 0 aliphatic rings. The van der Waals surface area contributed by atoms with Gasteiger partial charge in [-0.25, -0.2) is 0 Å². The molecule has 18 heavy (non-hydrogen) atoms. The molecule has 1 aromatic carbocycles. The van der Waals surface area contributed by atoms with Crippen molar-refractivity contribution in [1.29, 1.82) is 0 Å². The van der Waals surface area contributed by atoms with E-state index in [0.29, 0.717) is 6.04 Å². The lowest BCUT2D eigenvalue weighted by Crippen LogP contribution is -2.25. The zero-order chi connectivity index (χ0) is 13.5. The number of hydrogen-bond donors (Lipinski definition) is 1. The van der Waals surface area contributed by atoms with Gasteiger partial charge in [-0.1, -0.05) is 44.4 Å². The molecule has 102 valence electrons. The van der Waals surface area contributed by atoms with Crippen molar-refractivity contribution < 1.29 is 0 Å². The van der Waals surface area contributed by atoms with Gasteiger partial charge in [0.15, 0.2) is 0 Å². The molecule has 0 heterocycles. The van der Waals surface area contributed by atoms with Gasteiger partial charge in [-0.3, -0.25) is 0 Å². The third kappa shape index (κ3) is 6.21. The minimum Gasteiger partial charge on any atom is -0.310 e. The van der Waals surface area contributed by atoms with E-state index in [1.807, 2.05) is 12.1 Å². The Balaban J connectivity index is 2.29. The summed E-state index contributed by atoms with van der Waals surface area (Å²) in [6.07, 6.45) is 3.85. The Kier molecular flexibility index (Phi) is 7.28. The van der Waals surface area contributed by atoms with Gasteiger partial charge < -0.3 is 5.32 Å². The summed E-state index contributed by atoms with van der Waals surface area (Å²) in [6.45, 7) is 7.69. The molecule has 0 spiro atoms. The van der Waals surface area contributed by atoms with Crippen molar-refractivity contribution in [3.8, 4) is 0 Å². The first kappa shape index (κ1) is 16.0. The highest BCUT2D eigenvalue weighted by Crippen LogP contribution is 2.23. The molecule has 0 radical (unpaired) electrons. The summed E-state index contributed by atoms with van der Waals surface area (Å²) in [5.41, 5.74) is 1.24. The molecule has 1 nitrogen and oxygen atoms in total. The highest BCUT2D eigenvalue weighted by Gasteiger charge is 2.04. The number of nitrogens with one attached hydrogen (secondary N) is 1. The van der Waals surface area contributed by atoms with Gasteiger partial charge in [-0.2, -0.15) is 0 Å². The predicted octanol–water partition coefficient (Wildman–Crippen LogP) is 5.41. The second-order valence-electron chi connectivity index (χ2n) is 5.36. The van der Waals surface area contributed by atoms with E-state index >= 15 is 0 Å². The molecular weight excluding hydrogens is 310 g/mol. The van der Waals surface area contributed by atoms with Crippen LogP contribution in [-0.4, -0.2) is 6.04 Å². The van der Waals surface area contributed by atoms with Gasteiger partial charge in [-0.05, 0) is 52.9 Å². The smallest absolute Gasteiger partial charge is 0.0551 e. The van der Waals surface area contributed by atoms with Gasteiger partial charge in [0.05, 0.1) is 5.02 Å². The summed E-state index contributed by atoms with van der Waals surface area (Å²) in [6, 6.07) is 6.68. The van der Waals surface area contributed by atoms with Crippen molar-refractivity contribution in [2.75, 3.05) is 0 Å². The fourth-order valence-electron chi connectivity index (χ4n) is 1.88. The molecule has 1 unspecified atom stereocenters. The van der Waals surface area contributed by atoms with Gasteiger partial charge in [0.1, 0.15) is 0 Å². The van der Waals surface area contributed by atoms with Crippen LogP contribution in [0.25, 0.3) is 0 Å². The van der Waals surface area contributed by atoms with Crippen LogP contribution < -0.4 is 5.32 Å². The Morgan fingerprint density at radius 1 is 1.22 bits per heavy atom. The Morgan fingerprint density at radius 3 is 2.56 bits per heavy atom. The first-order valence-corrected chi connectivity index (χ1v) is 7.83. The summed E-state index contributed by atoms with van der Waals surface area (Å²) in [7, 11) is 0. The average molecular weight is 333 g/mol. The summed E-state index contributed by atoms with van der Waals surface area (Å²) >= 11 is 9.48. The van der Waals surface area contributed by atoms with Gasteiger partial charge in [0.2, 0.25) is 0 Å². The second-order valence-corrected chi connectivity index (χ2v) is 6.62. The summed E-state index contributed by atoms with van der Waals surface area (Å²) in [5.74, 6) is 0.808. The van der Waals surface area contributed by atoms with E-state index in [-0.39, 0.29) is 0 Å². The lowest BCUT2D eigenvalue weighted by molar-refractivity contribution is 0.457. The zero-order valence-corrected chi connectivity index (χ0v) is 13.8. The average Bonchev–Trinajstić information content (AvgIpc) is 2.30. The van der Waals surface area contributed by atoms with Crippen molar-refractivity contribution in [3.05, 3.63) is 33.3 Å². The monoisotopic (exact) mass is 331 g/mol. The first-order chi connectivity index (χ1) is 8.49. The van der Waals surface area contributed by atoms with Gasteiger partial charge in [0.25, 0.3) is 0 Å². The number of hydrogen-bond acceptors (Lipinski definition) is 1. The summed E-state index contributed by atoms with van der Waals surface area (Å²) in [4.78, 5) is 0. The van der Waals surface area contributed by atoms with E-state index in [1.54, 1.807) is 0 Å². The molecule has 1 N–H and O–H groups in total. The third-order valence-corrected chi connectivity index (χ3v) is 4.29. The normalized spacial score (nSPS) is 13.0. The van der Waals surface area contributed by atoms with Crippen LogP contribution in [0.3, 0.4) is 0 Å². The molecular formula is C15H23BrClN. The van der Waals surface area contributed by atoms with Crippen LogP contribution in [0.5, 0.6) is 0 Å².